The molecule has 1 aromatic heterocycles. The second kappa shape index (κ2) is 3.10. The van der Waals surface area contributed by atoms with Crippen molar-refractivity contribution in [2.75, 3.05) is 0 Å². The molecule has 4 heteroatoms. The molecule has 0 unspecified atom stereocenters. The van der Waals surface area contributed by atoms with Gasteiger partial charge in [-0.1, -0.05) is 19.8 Å². The smallest absolute Gasteiger partial charge is 0.105 e. The molecule has 3 N–H and O–H groups in total. The first-order chi connectivity index (χ1) is 6.26. The molecule has 1 heterocycles. The van der Waals surface area contributed by atoms with Crippen molar-refractivity contribution < 1.29 is 0 Å². The molecular weight excluding hydrogens is 164 g/mol. The number of H-pyrrole nitrogens is 1. The van der Waals surface area contributed by atoms with Gasteiger partial charge in [0.25, 0.3) is 0 Å². The van der Waals surface area contributed by atoms with E-state index in [1.165, 1.54) is 12.8 Å². The number of aromatic amines is 1. The van der Waals surface area contributed by atoms with Crippen molar-refractivity contribution in [3.63, 3.8) is 0 Å². The highest BCUT2D eigenvalue weighted by Crippen LogP contribution is 2.36. The number of hydrogen-bond donors (Lipinski definition) is 2. The molecule has 0 spiro atoms. The third-order valence-electron chi connectivity index (χ3n) is 2.92. The van der Waals surface area contributed by atoms with E-state index in [2.05, 4.69) is 22.3 Å². The summed E-state index contributed by atoms with van der Waals surface area (Å²) in [7, 11) is 0. The Bertz CT molecular complexity index is 286. The predicted octanol–water partition coefficient (Wildman–Crippen LogP) is 1.10. The summed E-state index contributed by atoms with van der Waals surface area (Å²) < 4.78 is 0. The molecule has 2 rings (SSSR count). The Hall–Kier alpha value is -0.900. The molecule has 72 valence electrons. The highest BCUT2D eigenvalue weighted by molar-refractivity contribution is 5.20. The van der Waals surface area contributed by atoms with Crippen molar-refractivity contribution in [3.8, 4) is 0 Å². The van der Waals surface area contributed by atoms with Gasteiger partial charge in [-0.05, 0) is 19.3 Å². The Labute approximate surface area is 77.9 Å². The first kappa shape index (κ1) is 8.69. The maximum Gasteiger partial charge on any atom is 0.105 e. The fourth-order valence-corrected chi connectivity index (χ4v) is 2.14. The Morgan fingerprint density at radius 1 is 1.38 bits per heavy atom. The maximum atomic E-state index is 6.28. The third kappa shape index (κ3) is 1.35. The SMILES string of the molecule is CCc1n[nH]nc1C1(N)CCCC1. The van der Waals surface area contributed by atoms with Gasteiger partial charge in [-0.3, -0.25) is 0 Å². The zero-order valence-electron chi connectivity index (χ0n) is 8.01. The third-order valence-corrected chi connectivity index (χ3v) is 2.92. The van der Waals surface area contributed by atoms with Gasteiger partial charge in [0.2, 0.25) is 0 Å². The summed E-state index contributed by atoms with van der Waals surface area (Å²) in [6.45, 7) is 2.08. The zero-order chi connectivity index (χ0) is 9.31. The monoisotopic (exact) mass is 180 g/mol. The highest BCUT2D eigenvalue weighted by Gasteiger charge is 2.35. The molecule has 1 aromatic rings. The van der Waals surface area contributed by atoms with Crippen molar-refractivity contribution >= 4 is 0 Å². The van der Waals surface area contributed by atoms with Crippen molar-refractivity contribution in [1.29, 1.82) is 0 Å². The van der Waals surface area contributed by atoms with Gasteiger partial charge in [-0.25, -0.2) is 0 Å². The van der Waals surface area contributed by atoms with Crippen LogP contribution in [0.1, 0.15) is 44.0 Å². The summed E-state index contributed by atoms with van der Waals surface area (Å²) in [5, 5.41) is 11.0. The second-order valence-electron chi connectivity index (χ2n) is 3.84. The Kier molecular flexibility index (Phi) is 2.07. The van der Waals surface area contributed by atoms with E-state index in [4.69, 9.17) is 5.73 Å². The van der Waals surface area contributed by atoms with Gasteiger partial charge >= 0.3 is 0 Å². The fourth-order valence-electron chi connectivity index (χ4n) is 2.14. The molecule has 1 aliphatic rings. The lowest BCUT2D eigenvalue weighted by Gasteiger charge is -2.21. The van der Waals surface area contributed by atoms with E-state index in [1.54, 1.807) is 0 Å². The molecule has 0 aromatic carbocycles. The molecule has 0 amide bonds. The minimum Gasteiger partial charge on any atom is -0.320 e. The van der Waals surface area contributed by atoms with Crippen LogP contribution in [0, 0.1) is 0 Å². The van der Waals surface area contributed by atoms with Crippen molar-refractivity contribution in [2.45, 2.75) is 44.6 Å². The Morgan fingerprint density at radius 3 is 2.69 bits per heavy atom. The molecule has 1 fully saturated rings. The van der Waals surface area contributed by atoms with Gasteiger partial charge in [-0.2, -0.15) is 15.4 Å². The van der Waals surface area contributed by atoms with E-state index in [-0.39, 0.29) is 5.54 Å². The van der Waals surface area contributed by atoms with Crippen LogP contribution < -0.4 is 5.73 Å². The molecule has 1 aliphatic carbocycles. The summed E-state index contributed by atoms with van der Waals surface area (Å²) in [4.78, 5) is 0. The largest absolute Gasteiger partial charge is 0.320 e. The lowest BCUT2D eigenvalue weighted by atomic mass is 9.92. The van der Waals surface area contributed by atoms with Crippen LogP contribution >= 0.6 is 0 Å². The minimum atomic E-state index is -0.196. The molecule has 0 bridgehead atoms. The first-order valence-corrected chi connectivity index (χ1v) is 4.95. The van der Waals surface area contributed by atoms with Crippen LogP contribution in [-0.2, 0) is 12.0 Å². The summed E-state index contributed by atoms with van der Waals surface area (Å²) in [6, 6.07) is 0. The van der Waals surface area contributed by atoms with Gasteiger partial charge in [-0.15, -0.1) is 0 Å². The number of hydrogen-bond acceptors (Lipinski definition) is 3. The van der Waals surface area contributed by atoms with Crippen LogP contribution in [0.15, 0.2) is 0 Å². The van der Waals surface area contributed by atoms with E-state index in [0.717, 1.165) is 30.7 Å². The molecule has 0 saturated heterocycles. The van der Waals surface area contributed by atoms with E-state index in [0.29, 0.717) is 0 Å². The average molecular weight is 180 g/mol. The molecular formula is C9H16N4. The van der Waals surface area contributed by atoms with Crippen LogP contribution in [0.4, 0.5) is 0 Å². The van der Waals surface area contributed by atoms with Crippen molar-refractivity contribution in [1.82, 2.24) is 15.4 Å². The van der Waals surface area contributed by atoms with Crippen LogP contribution in [0.3, 0.4) is 0 Å². The van der Waals surface area contributed by atoms with E-state index < -0.39 is 0 Å². The van der Waals surface area contributed by atoms with Crippen LogP contribution in [0.5, 0.6) is 0 Å². The van der Waals surface area contributed by atoms with Crippen LogP contribution in [-0.4, -0.2) is 15.4 Å². The number of nitrogens with zero attached hydrogens (tertiary/aromatic N) is 2. The average Bonchev–Trinajstić information content (AvgIpc) is 2.72. The summed E-state index contributed by atoms with van der Waals surface area (Å²) in [5.41, 5.74) is 8.11. The number of nitrogens with one attached hydrogen (secondary N) is 1. The molecule has 4 nitrogen and oxygen atoms in total. The highest BCUT2D eigenvalue weighted by atomic mass is 15.3. The maximum absolute atomic E-state index is 6.28. The van der Waals surface area contributed by atoms with Crippen molar-refractivity contribution in [2.24, 2.45) is 5.73 Å². The number of nitrogens with two attached hydrogens (primary N) is 1. The standard InChI is InChI=1S/C9H16N4/c1-2-7-8(12-13-11-7)9(10)5-3-4-6-9/h2-6,10H2,1H3,(H,11,12,13). The molecule has 1 saturated carbocycles. The number of rotatable bonds is 2. The molecule has 0 atom stereocenters. The Morgan fingerprint density at radius 2 is 2.08 bits per heavy atom. The van der Waals surface area contributed by atoms with Crippen molar-refractivity contribution in [3.05, 3.63) is 11.4 Å². The second-order valence-corrected chi connectivity index (χ2v) is 3.84. The lowest BCUT2D eigenvalue weighted by Crippen LogP contribution is -2.34. The van der Waals surface area contributed by atoms with Crippen LogP contribution in [0.2, 0.25) is 0 Å². The van der Waals surface area contributed by atoms with Gasteiger partial charge in [0.05, 0.1) is 11.2 Å². The summed E-state index contributed by atoms with van der Waals surface area (Å²) in [6.07, 6.45) is 5.43. The van der Waals surface area contributed by atoms with Crippen LogP contribution in [0.25, 0.3) is 0 Å². The number of aryl methyl sites for hydroxylation is 1. The van der Waals surface area contributed by atoms with E-state index >= 15 is 0 Å². The van der Waals surface area contributed by atoms with Gasteiger partial charge in [0, 0.05) is 0 Å². The predicted molar refractivity (Wildman–Crippen MR) is 50.1 cm³/mol. The normalized spacial score (nSPS) is 20.8. The minimum absolute atomic E-state index is 0.196. The lowest BCUT2D eigenvalue weighted by molar-refractivity contribution is 0.442. The first-order valence-electron chi connectivity index (χ1n) is 4.95. The summed E-state index contributed by atoms with van der Waals surface area (Å²) >= 11 is 0. The Balaban J connectivity index is 2.32. The summed E-state index contributed by atoms with van der Waals surface area (Å²) in [5.74, 6) is 0. The van der Waals surface area contributed by atoms with Gasteiger partial charge < -0.3 is 5.73 Å². The van der Waals surface area contributed by atoms with Gasteiger partial charge in [0.1, 0.15) is 5.69 Å². The molecule has 0 aliphatic heterocycles. The van der Waals surface area contributed by atoms with E-state index in [9.17, 15) is 0 Å². The topological polar surface area (TPSA) is 67.6 Å². The van der Waals surface area contributed by atoms with Gasteiger partial charge in [0.15, 0.2) is 0 Å². The quantitative estimate of drug-likeness (QED) is 0.716. The van der Waals surface area contributed by atoms with E-state index in [1.807, 2.05) is 0 Å². The number of aromatic nitrogens is 3. The fraction of sp³-hybridized carbons (Fsp3) is 0.778. The molecule has 0 radical (unpaired) electrons. The molecule has 13 heavy (non-hydrogen) atoms. The zero-order valence-corrected chi connectivity index (χ0v) is 8.01.